The van der Waals surface area contributed by atoms with Crippen LogP contribution in [0, 0.1) is 5.92 Å². The zero-order chi connectivity index (χ0) is 15.1. The minimum absolute atomic E-state index is 0.357. The zero-order valence-electron chi connectivity index (χ0n) is 13.7. The topological polar surface area (TPSA) is 30.5 Å². The van der Waals surface area contributed by atoms with Crippen LogP contribution in [-0.4, -0.2) is 19.8 Å². The van der Waals surface area contributed by atoms with Gasteiger partial charge in [0.05, 0.1) is 13.2 Å². The smallest absolute Gasteiger partial charge is 0.124 e. The number of hydrogen-bond donors (Lipinski definition) is 1. The summed E-state index contributed by atoms with van der Waals surface area (Å²) in [6.07, 6.45) is 3.99. The van der Waals surface area contributed by atoms with Gasteiger partial charge in [-0.15, -0.1) is 0 Å². The van der Waals surface area contributed by atoms with E-state index in [-0.39, 0.29) is 0 Å². The summed E-state index contributed by atoms with van der Waals surface area (Å²) in [5.74, 6) is 1.88. The van der Waals surface area contributed by atoms with Crippen molar-refractivity contribution in [1.29, 1.82) is 0 Å². The Morgan fingerprint density at radius 2 is 2.10 bits per heavy atom. The first-order valence-electron chi connectivity index (χ1n) is 8.31. The molecule has 1 aliphatic rings. The molecule has 1 aliphatic carbocycles. The molecule has 0 aromatic heterocycles. The Morgan fingerprint density at radius 1 is 1.29 bits per heavy atom. The largest absolute Gasteiger partial charge is 0.494 e. The fraction of sp³-hybridized carbons (Fsp3) is 0.667. The summed E-state index contributed by atoms with van der Waals surface area (Å²) in [4.78, 5) is 0. The van der Waals surface area contributed by atoms with E-state index < -0.39 is 0 Å². The minimum Gasteiger partial charge on any atom is -0.494 e. The van der Waals surface area contributed by atoms with Crippen LogP contribution in [0.15, 0.2) is 18.2 Å². The molecule has 1 saturated carbocycles. The summed E-state index contributed by atoms with van der Waals surface area (Å²) in [7, 11) is 0. The van der Waals surface area contributed by atoms with Gasteiger partial charge in [-0.3, -0.25) is 0 Å². The third-order valence-electron chi connectivity index (χ3n) is 4.02. The first-order valence-corrected chi connectivity index (χ1v) is 8.31. The molecule has 2 rings (SSSR count). The van der Waals surface area contributed by atoms with Crippen molar-refractivity contribution >= 4 is 0 Å². The maximum atomic E-state index is 5.85. The quantitative estimate of drug-likeness (QED) is 0.659. The third-order valence-corrected chi connectivity index (χ3v) is 4.02. The van der Waals surface area contributed by atoms with Crippen molar-refractivity contribution in [3.8, 4) is 5.75 Å². The molecule has 0 heterocycles. The van der Waals surface area contributed by atoms with Gasteiger partial charge >= 0.3 is 0 Å². The summed E-state index contributed by atoms with van der Waals surface area (Å²) in [5, 5.41) is 3.45. The molecule has 118 valence electrons. The number of nitrogens with one attached hydrogen (secondary N) is 1. The van der Waals surface area contributed by atoms with E-state index in [0.29, 0.717) is 19.3 Å². The molecule has 0 amide bonds. The van der Waals surface area contributed by atoms with Crippen LogP contribution in [0.5, 0.6) is 5.75 Å². The monoisotopic (exact) mass is 291 g/mol. The average molecular weight is 291 g/mol. The van der Waals surface area contributed by atoms with Gasteiger partial charge in [0.15, 0.2) is 0 Å². The fourth-order valence-electron chi connectivity index (χ4n) is 2.54. The van der Waals surface area contributed by atoms with Gasteiger partial charge < -0.3 is 14.8 Å². The van der Waals surface area contributed by atoms with Crippen LogP contribution in [-0.2, 0) is 11.3 Å². The van der Waals surface area contributed by atoms with Crippen molar-refractivity contribution in [2.24, 2.45) is 5.92 Å². The SMILES string of the molecule is CCNC(C)c1ccc(OCC)c(COCCC2CC2)c1. The van der Waals surface area contributed by atoms with Crippen molar-refractivity contribution in [2.45, 2.75) is 52.7 Å². The van der Waals surface area contributed by atoms with Crippen molar-refractivity contribution in [1.82, 2.24) is 5.32 Å². The lowest BCUT2D eigenvalue weighted by Crippen LogP contribution is -2.18. The van der Waals surface area contributed by atoms with Crippen LogP contribution in [0.1, 0.15) is 57.2 Å². The van der Waals surface area contributed by atoms with Gasteiger partial charge in [0, 0.05) is 18.2 Å². The van der Waals surface area contributed by atoms with E-state index in [0.717, 1.165) is 30.4 Å². The molecule has 1 aromatic rings. The highest BCUT2D eigenvalue weighted by Gasteiger charge is 2.20. The van der Waals surface area contributed by atoms with Gasteiger partial charge in [0.25, 0.3) is 0 Å². The summed E-state index contributed by atoms with van der Waals surface area (Å²) in [5.41, 5.74) is 2.45. The van der Waals surface area contributed by atoms with Crippen LogP contribution in [0.3, 0.4) is 0 Å². The summed E-state index contributed by atoms with van der Waals surface area (Å²) >= 11 is 0. The Labute approximate surface area is 129 Å². The molecule has 1 unspecified atom stereocenters. The second kappa shape index (κ2) is 8.40. The van der Waals surface area contributed by atoms with Gasteiger partial charge in [-0.25, -0.2) is 0 Å². The molecule has 1 atom stereocenters. The average Bonchev–Trinajstić information content (AvgIpc) is 3.29. The first kappa shape index (κ1) is 16.3. The summed E-state index contributed by atoms with van der Waals surface area (Å²) in [6.45, 7) is 9.52. The molecule has 1 N–H and O–H groups in total. The van der Waals surface area contributed by atoms with E-state index in [1.165, 1.54) is 24.8 Å². The highest BCUT2D eigenvalue weighted by Crippen LogP contribution is 2.32. The lowest BCUT2D eigenvalue weighted by Gasteiger charge is -2.17. The Kier molecular flexibility index (Phi) is 6.52. The number of rotatable bonds is 10. The molecule has 1 aromatic carbocycles. The number of ether oxygens (including phenoxy) is 2. The van der Waals surface area contributed by atoms with Gasteiger partial charge in [0.2, 0.25) is 0 Å². The van der Waals surface area contributed by atoms with Crippen LogP contribution in [0.25, 0.3) is 0 Å². The highest BCUT2D eigenvalue weighted by molar-refractivity contribution is 5.38. The molecule has 0 aliphatic heterocycles. The van der Waals surface area contributed by atoms with Crippen LogP contribution in [0.4, 0.5) is 0 Å². The molecule has 21 heavy (non-hydrogen) atoms. The maximum absolute atomic E-state index is 5.85. The van der Waals surface area contributed by atoms with E-state index in [9.17, 15) is 0 Å². The Bertz CT molecular complexity index is 429. The predicted molar refractivity (Wildman–Crippen MR) is 86.7 cm³/mol. The van der Waals surface area contributed by atoms with Crippen LogP contribution < -0.4 is 10.1 Å². The van der Waals surface area contributed by atoms with E-state index in [1.807, 2.05) is 6.92 Å². The van der Waals surface area contributed by atoms with Crippen molar-refractivity contribution in [3.63, 3.8) is 0 Å². The van der Waals surface area contributed by atoms with Crippen molar-refractivity contribution in [2.75, 3.05) is 19.8 Å². The molecule has 1 fully saturated rings. The molecule has 0 saturated heterocycles. The standard InChI is InChI=1S/C18H29NO2/c1-4-19-14(3)16-8-9-18(21-5-2)17(12-16)13-20-11-10-15-6-7-15/h8-9,12,14-15,19H,4-7,10-11,13H2,1-3H3. The second-order valence-corrected chi connectivity index (χ2v) is 5.86. The zero-order valence-corrected chi connectivity index (χ0v) is 13.7. The van der Waals surface area contributed by atoms with Gasteiger partial charge in [-0.05, 0) is 50.4 Å². The van der Waals surface area contributed by atoms with E-state index >= 15 is 0 Å². The molecule has 3 heteroatoms. The third kappa shape index (κ3) is 5.33. The summed E-state index contributed by atoms with van der Waals surface area (Å²) in [6, 6.07) is 6.80. The first-order chi connectivity index (χ1) is 10.2. The van der Waals surface area contributed by atoms with Gasteiger partial charge in [0.1, 0.15) is 5.75 Å². The van der Waals surface area contributed by atoms with Crippen molar-refractivity contribution in [3.05, 3.63) is 29.3 Å². The van der Waals surface area contributed by atoms with E-state index in [2.05, 4.69) is 37.4 Å². The van der Waals surface area contributed by atoms with E-state index in [4.69, 9.17) is 9.47 Å². The summed E-state index contributed by atoms with van der Waals surface area (Å²) < 4.78 is 11.6. The highest BCUT2D eigenvalue weighted by atomic mass is 16.5. The van der Waals surface area contributed by atoms with Crippen LogP contribution >= 0.6 is 0 Å². The Morgan fingerprint density at radius 3 is 2.76 bits per heavy atom. The molecule has 0 radical (unpaired) electrons. The second-order valence-electron chi connectivity index (χ2n) is 5.86. The van der Waals surface area contributed by atoms with Crippen molar-refractivity contribution < 1.29 is 9.47 Å². The molecular weight excluding hydrogens is 262 g/mol. The van der Waals surface area contributed by atoms with Gasteiger partial charge in [-0.2, -0.15) is 0 Å². The normalized spacial score (nSPS) is 16.0. The fourth-order valence-corrected chi connectivity index (χ4v) is 2.54. The predicted octanol–water partition coefficient (Wildman–Crippen LogP) is 4.07. The van der Waals surface area contributed by atoms with E-state index in [1.54, 1.807) is 0 Å². The number of hydrogen-bond acceptors (Lipinski definition) is 3. The Hall–Kier alpha value is -1.06. The lowest BCUT2D eigenvalue weighted by molar-refractivity contribution is 0.112. The minimum atomic E-state index is 0.357. The number of benzene rings is 1. The maximum Gasteiger partial charge on any atom is 0.124 e. The van der Waals surface area contributed by atoms with Crippen LogP contribution in [0.2, 0.25) is 0 Å². The van der Waals surface area contributed by atoms with Gasteiger partial charge in [-0.1, -0.05) is 25.8 Å². The lowest BCUT2D eigenvalue weighted by atomic mass is 10.0. The molecule has 0 spiro atoms. The molecule has 3 nitrogen and oxygen atoms in total. The molecule has 0 bridgehead atoms. The molecular formula is C18H29NO2. The Balaban J connectivity index is 1.96.